The van der Waals surface area contributed by atoms with Crippen LogP contribution >= 0.6 is 28.6 Å². The maximum Gasteiger partial charge on any atom is 0.255 e. The van der Waals surface area contributed by atoms with Crippen LogP contribution in [0.1, 0.15) is 10.4 Å². The molecular formula is C17H12BrNOS. The molecule has 0 unspecified atom stereocenters. The van der Waals surface area contributed by atoms with Gasteiger partial charge in [0.15, 0.2) is 0 Å². The summed E-state index contributed by atoms with van der Waals surface area (Å²) in [5, 5.41) is 5.12. The van der Waals surface area contributed by atoms with Crippen molar-refractivity contribution in [2.24, 2.45) is 0 Å². The zero-order chi connectivity index (χ0) is 14.8. The Morgan fingerprint density at radius 1 is 0.905 bits per heavy atom. The molecule has 0 bridgehead atoms. The standard InChI is InChI=1S/C17H12BrNOS/c18-14-5-1-13-10-15(6-2-12(13)9-14)19-17(20)11-3-7-16(21)8-4-11/h1-10,21H,(H,19,20). The number of hydrogen-bond acceptors (Lipinski definition) is 2. The summed E-state index contributed by atoms with van der Waals surface area (Å²) in [6.45, 7) is 0. The molecule has 4 heteroatoms. The van der Waals surface area contributed by atoms with E-state index in [9.17, 15) is 4.79 Å². The average Bonchev–Trinajstić information content (AvgIpc) is 2.48. The molecule has 0 aliphatic heterocycles. The second-order valence-corrected chi connectivity index (χ2v) is 6.14. The summed E-state index contributed by atoms with van der Waals surface area (Å²) in [4.78, 5) is 13.0. The van der Waals surface area contributed by atoms with Crippen LogP contribution in [-0.4, -0.2) is 5.91 Å². The van der Waals surface area contributed by atoms with E-state index in [1.54, 1.807) is 24.3 Å². The van der Waals surface area contributed by atoms with Gasteiger partial charge in [0.25, 0.3) is 5.91 Å². The van der Waals surface area contributed by atoms with Gasteiger partial charge in [0.05, 0.1) is 0 Å². The summed E-state index contributed by atoms with van der Waals surface area (Å²) >= 11 is 7.66. The highest BCUT2D eigenvalue weighted by Gasteiger charge is 2.06. The smallest absolute Gasteiger partial charge is 0.255 e. The van der Waals surface area contributed by atoms with Crippen LogP contribution < -0.4 is 5.32 Å². The number of thiol groups is 1. The number of hydrogen-bond donors (Lipinski definition) is 2. The number of anilines is 1. The lowest BCUT2D eigenvalue weighted by molar-refractivity contribution is 0.102. The predicted molar refractivity (Wildman–Crippen MR) is 93.3 cm³/mol. The highest BCUT2D eigenvalue weighted by molar-refractivity contribution is 9.10. The Balaban J connectivity index is 1.85. The Kier molecular flexibility index (Phi) is 3.99. The molecule has 0 spiro atoms. The van der Waals surface area contributed by atoms with Gasteiger partial charge in [0.1, 0.15) is 0 Å². The minimum Gasteiger partial charge on any atom is -0.322 e. The van der Waals surface area contributed by atoms with Crippen molar-refractivity contribution in [3.63, 3.8) is 0 Å². The lowest BCUT2D eigenvalue weighted by atomic mass is 10.1. The summed E-state index contributed by atoms with van der Waals surface area (Å²) < 4.78 is 1.04. The average molecular weight is 358 g/mol. The number of benzene rings is 3. The molecule has 0 radical (unpaired) electrons. The van der Waals surface area contributed by atoms with Gasteiger partial charge in [-0.25, -0.2) is 0 Å². The molecule has 0 aliphatic rings. The molecule has 0 atom stereocenters. The van der Waals surface area contributed by atoms with E-state index in [1.165, 1.54) is 0 Å². The summed E-state index contributed by atoms with van der Waals surface area (Å²) in [7, 11) is 0. The highest BCUT2D eigenvalue weighted by Crippen LogP contribution is 2.23. The summed E-state index contributed by atoms with van der Waals surface area (Å²) in [5.41, 5.74) is 1.40. The van der Waals surface area contributed by atoms with Crippen LogP contribution in [0.5, 0.6) is 0 Å². The molecule has 0 saturated carbocycles. The number of nitrogens with one attached hydrogen (secondary N) is 1. The first-order valence-corrected chi connectivity index (χ1v) is 7.65. The van der Waals surface area contributed by atoms with Gasteiger partial charge in [-0.3, -0.25) is 4.79 Å². The normalized spacial score (nSPS) is 10.6. The maximum atomic E-state index is 12.2. The summed E-state index contributed by atoms with van der Waals surface area (Å²) in [6, 6.07) is 19.0. The molecule has 3 aromatic carbocycles. The van der Waals surface area contributed by atoms with Crippen LogP contribution in [0.15, 0.2) is 70.0 Å². The number of rotatable bonds is 2. The predicted octanol–water partition coefficient (Wildman–Crippen LogP) is 5.14. The molecule has 0 saturated heterocycles. The Labute approximate surface area is 136 Å². The molecule has 2 nitrogen and oxygen atoms in total. The fourth-order valence-electron chi connectivity index (χ4n) is 2.11. The fourth-order valence-corrected chi connectivity index (χ4v) is 2.64. The molecule has 0 fully saturated rings. The van der Waals surface area contributed by atoms with Crippen molar-refractivity contribution in [2.75, 3.05) is 5.32 Å². The van der Waals surface area contributed by atoms with Gasteiger partial charge in [-0.05, 0) is 59.3 Å². The first-order valence-electron chi connectivity index (χ1n) is 6.41. The van der Waals surface area contributed by atoms with Gasteiger partial charge < -0.3 is 5.32 Å². The molecule has 1 N–H and O–H groups in total. The first-order chi connectivity index (χ1) is 10.1. The van der Waals surface area contributed by atoms with E-state index in [2.05, 4.69) is 33.9 Å². The van der Waals surface area contributed by atoms with Crippen molar-refractivity contribution in [2.45, 2.75) is 4.90 Å². The second kappa shape index (κ2) is 5.92. The van der Waals surface area contributed by atoms with E-state index in [4.69, 9.17) is 0 Å². The van der Waals surface area contributed by atoms with Crippen molar-refractivity contribution in [1.82, 2.24) is 0 Å². The molecule has 0 aromatic heterocycles. The SMILES string of the molecule is O=C(Nc1ccc2cc(Br)ccc2c1)c1ccc(S)cc1. The summed E-state index contributed by atoms with van der Waals surface area (Å²) in [6.07, 6.45) is 0. The molecule has 3 rings (SSSR count). The van der Waals surface area contributed by atoms with Gasteiger partial charge in [0.2, 0.25) is 0 Å². The van der Waals surface area contributed by atoms with Crippen molar-refractivity contribution in [3.05, 3.63) is 70.7 Å². The van der Waals surface area contributed by atoms with Crippen LogP contribution in [0.2, 0.25) is 0 Å². The Hall–Kier alpha value is -1.78. The van der Waals surface area contributed by atoms with Crippen LogP contribution in [-0.2, 0) is 0 Å². The van der Waals surface area contributed by atoms with E-state index in [0.717, 1.165) is 25.8 Å². The molecule has 0 aliphatic carbocycles. The van der Waals surface area contributed by atoms with E-state index in [1.807, 2.05) is 36.4 Å². The fraction of sp³-hybridized carbons (Fsp3) is 0. The third kappa shape index (κ3) is 3.28. The number of fused-ring (bicyclic) bond motifs is 1. The minimum absolute atomic E-state index is 0.125. The third-order valence-corrected chi connectivity index (χ3v) is 3.98. The molecule has 3 aromatic rings. The van der Waals surface area contributed by atoms with Gasteiger partial charge in [-0.15, -0.1) is 12.6 Å². The third-order valence-electron chi connectivity index (χ3n) is 3.19. The molecule has 104 valence electrons. The van der Waals surface area contributed by atoms with Crippen LogP contribution in [0.3, 0.4) is 0 Å². The van der Waals surface area contributed by atoms with Crippen molar-refractivity contribution in [1.29, 1.82) is 0 Å². The summed E-state index contributed by atoms with van der Waals surface area (Å²) in [5.74, 6) is -0.125. The Morgan fingerprint density at radius 3 is 2.33 bits per heavy atom. The monoisotopic (exact) mass is 357 g/mol. The second-order valence-electron chi connectivity index (χ2n) is 4.71. The van der Waals surface area contributed by atoms with Crippen LogP contribution in [0.25, 0.3) is 10.8 Å². The van der Waals surface area contributed by atoms with Gasteiger partial charge in [-0.1, -0.05) is 28.1 Å². The molecule has 1 amide bonds. The van der Waals surface area contributed by atoms with E-state index in [0.29, 0.717) is 5.56 Å². The quantitative estimate of drug-likeness (QED) is 0.610. The van der Waals surface area contributed by atoms with Gasteiger partial charge in [-0.2, -0.15) is 0 Å². The van der Waals surface area contributed by atoms with Crippen LogP contribution in [0, 0.1) is 0 Å². The topological polar surface area (TPSA) is 29.1 Å². The number of carbonyl (C=O) groups is 1. The largest absolute Gasteiger partial charge is 0.322 e. The Morgan fingerprint density at radius 2 is 1.57 bits per heavy atom. The Bertz CT molecular complexity index is 815. The lowest BCUT2D eigenvalue weighted by Gasteiger charge is -2.07. The zero-order valence-corrected chi connectivity index (χ0v) is 13.5. The van der Waals surface area contributed by atoms with Crippen molar-refractivity contribution < 1.29 is 4.79 Å². The van der Waals surface area contributed by atoms with Crippen molar-refractivity contribution >= 4 is 50.9 Å². The number of halogens is 1. The molecular weight excluding hydrogens is 346 g/mol. The highest BCUT2D eigenvalue weighted by atomic mass is 79.9. The van der Waals surface area contributed by atoms with E-state index < -0.39 is 0 Å². The minimum atomic E-state index is -0.125. The molecule has 21 heavy (non-hydrogen) atoms. The van der Waals surface area contributed by atoms with Crippen LogP contribution in [0.4, 0.5) is 5.69 Å². The number of carbonyl (C=O) groups excluding carboxylic acids is 1. The van der Waals surface area contributed by atoms with E-state index in [-0.39, 0.29) is 5.91 Å². The van der Waals surface area contributed by atoms with Crippen molar-refractivity contribution in [3.8, 4) is 0 Å². The maximum absolute atomic E-state index is 12.2. The molecule has 0 heterocycles. The van der Waals surface area contributed by atoms with Gasteiger partial charge in [0, 0.05) is 20.6 Å². The number of amides is 1. The first kappa shape index (κ1) is 14.2. The van der Waals surface area contributed by atoms with E-state index >= 15 is 0 Å². The zero-order valence-electron chi connectivity index (χ0n) is 11.0. The van der Waals surface area contributed by atoms with Gasteiger partial charge >= 0.3 is 0 Å². The lowest BCUT2D eigenvalue weighted by Crippen LogP contribution is -2.11.